The fourth-order valence-corrected chi connectivity index (χ4v) is 1.65. The lowest BCUT2D eigenvalue weighted by Crippen LogP contribution is -2.16. The average Bonchev–Trinajstić information content (AvgIpc) is 3.05. The van der Waals surface area contributed by atoms with E-state index < -0.39 is 0 Å². The monoisotopic (exact) mass is 214 g/mol. The number of rotatable bonds is 4. The maximum absolute atomic E-state index is 4.35. The zero-order valence-electron chi connectivity index (χ0n) is 8.98. The van der Waals surface area contributed by atoms with E-state index in [9.17, 15) is 0 Å². The van der Waals surface area contributed by atoms with Crippen molar-refractivity contribution in [3.05, 3.63) is 36.5 Å². The smallest absolute Gasteiger partial charge is 0.120 e. The van der Waals surface area contributed by atoms with Crippen molar-refractivity contribution >= 4 is 0 Å². The normalized spacial score (nSPS) is 15.2. The van der Waals surface area contributed by atoms with Crippen LogP contribution in [0, 0.1) is 0 Å². The fourth-order valence-electron chi connectivity index (χ4n) is 1.65. The van der Waals surface area contributed by atoms with Gasteiger partial charge in [0.1, 0.15) is 5.82 Å². The first-order chi connectivity index (χ1) is 7.92. The lowest BCUT2D eigenvalue weighted by Gasteiger charge is -1.98. The van der Waals surface area contributed by atoms with Gasteiger partial charge in [-0.15, -0.1) is 0 Å². The molecule has 0 amide bonds. The molecule has 2 aromatic rings. The predicted molar refractivity (Wildman–Crippen MR) is 61.7 cm³/mol. The van der Waals surface area contributed by atoms with Gasteiger partial charge in [-0.1, -0.05) is 0 Å². The van der Waals surface area contributed by atoms with Crippen LogP contribution in [0.2, 0.25) is 0 Å². The van der Waals surface area contributed by atoms with Crippen LogP contribution in [-0.4, -0.2) is 21.0 Å². The zero-order valence-corrected chi connectivity index (χ0v) is 8.98. The summed E-state index contributed by atoms with van der Waals surface area (Å²) in [5.41, 5.74) is 2.10. The van der Waals surface area contributed by atoms with Gasteiger partial charge < -0.3 is 10.3 Å². The van der Waals surface area contributed by atoms with Gasteiger partial charge in [-0.25, -0.2) is 4.98 Å². The average molecular weight is 214 g/mol. The Balaban J connectivity index is 1.71. The molecule has 16 heavy (non-hydrogen) atoms. The Morgan fingerprint density at radius 1 is 1.38 bits per heavy atom. The fraction of sp³-hybridized carbons (Fsp3) is 0.333. The molecule has 1 aliphatic rings. The predicted octanol–water partition coefficient (Wildman–Crippen LogP) is 1.72. The number of H-pyrrole nitrogens is 1. The van der Waals surface area contributed by atoms with Crippen LogP contribution >= 0.6 is 0 Å². The second-order valence-corrected chi connectivity index (χ2v) is 4.14. The minimum Gasteiger partial charge on any atom is -0.341 e. The van der Waals surface area contributed by atoms with E-state index >= 15 is 0 Å². The van der Waals surface area contributed by atoms with Crippen molar-refractivity contribution in [2.24, 2.45) is 0 Å². The van der Waals surface area contributed by atoms with Crippen molar-refractivity contribution in [3.63, 3.8) is 0 Å². The van der Waals surface area contributed by atoms with Gasteiger partial charge in [-0.05, 0) is 25.0 Å². The van der Waals surface area contributed by atoms with Crippen molar-refractivity contribution in [2.45, 2.75) is 25.4 Å². The maximum Gasteiger partial charge on any atom is 0.120 e. The van der Waals surface area contributed by atoms with Gasteiger partial charge >= 0.3 is 0 Å². The molecule has 0 aromatic carbocycles. The van der Waals surface area contributed by atoms with Gasteiger partial charge in [0.2, 0.25) is 0 Å². The standard InChI is InChI=1S/C12H14N4/c1-2-9(6-13-5-1)11-7-15-12(16-11)8-14-10-3-4-10/h1-2,5-7,10,14H,3-4,8H2,(H,15,16). The maximum atomic E-state index is 4.35. The van der Waals surface area contributed by atoms with Crippen LogP contribution < -0.4 is 5.32 Å². The van der Waals surface area contributed by atoms with Gasteiger partial charge in [0, 0.05) is 24.0 Å². The summed E-state index contributed by atoms with van der Waals surface area (Å²) >= 11 is 0. The number of aromatic nitrogens is 3. The van der Waals surface area contributed by atoms with Crippen molar-refractivity contribution in [1.29, 1.82) is 0 Å². The highest BCUT2D eigenvalue weighted by molar-refractivity contribution is 5.56. The van der Waals surface area contributed by atoms with E-state index in [1.54, 1.807) is 6.20 Å². The molecule has 2 heterocycles. The van der Waals surface area contributed by atoms with Crippen LogP contribution in [0.1, 0.15) is 18.7 Å². The van der Waals surface area contributed by atoms with E-state index in [0.29, 0.717) is 6.04 Å². The molecule has 0 bridgehead atoms. The molecule has 3 rings (SSSR count). The molecule has 0 radical (unpaired) electrons. The molecule has 1 fully saturated rings. The van der Waals surface area contributed by atoms with Crippen LogP contribution in [-0.2, 0) is 6.54 Å². The van der Waals surface area contributed by atoms with Gasteiger partial charge in [0.05, 0.1) is 18.4 Å². The quantitative estimate of drug-likeness (QED) is 0.814. The highest BCUT2D eigenvalue weighted by Gasteiger charge is 2.20. The lowest BCUT2D eigenvalue weighted by atomic mass is 10.2. The van der Waals surface area contributed by atoms with E-state index in [-0.39, 0.29) is 0 Å². The van der Waals surface area contributed by atoms with Crippen molar-refractivity contribution in [1.82, 2.24) is 20.3 Å². The van der Waals surface area contributed by atoms with E-state index in [4.69, 9.17) is 0 Å². The molecule has 0 unspecified atom stereocenters. The summed E-state index contributed by atoms with van der Waals surface area (Å²) in [4.78, 5) is 11.7. The minimum atomic E-state index is 0.715. The van der Waals surface area contributed by atoms with E-state index in [2.05, 4.69) is 20.3 Å². The number of hydrogen-bond acceptors (Lipinski definition) is 3. The van der Waals surface area contributed by atoms with Gasteiger partial charge in [0.15, 0.2) is 0 Å². The summed E-state index contributed by atoms with van der Waals surface area (Å²) in [7, 11) is 0. The van der Waals surface area contributed by atoms with E-state index in [1.165, 1.54) is 12.8 Å². The Morgan fingerprint density at radius 3 is 3.06 bits per heavy atom. The van der Waals surface area contributed by atoms with Crippen molar-refractivity contribution < 1.29 is 0 Å². The third-order valence-electron chi connectivity index (χ3n) is 2.74. The summed E-state index contributed by atoms with van der Waals surface area (Å²) in [6, 6.07) is 4.67. The summed E-state index contributed by atoms with van der Waals surface area (Å²) in [6.45, 7) is 0.824. The minimum absolute atomic E-state index is 0.715. The van der Waals surface area contributed by atoms with Crippen LogP contribution in [0.5, 0.6) is 0 Å². The summed E-state index contributed by atoms with van der Waals surface area (Å²) in [5, 5.41) is 3.43. The molecule has 4 heteroatoms. The number of nitrogens with zero attached hydrogens (tertiary/aromatic N) is 2. The SMILES string of the molecule is c1cncc(-c2cnc(CNC3CC3)[nH]2)c1. The van der Waals surface area contributed by atoms with Crippen molar-refractivity contribution in [3.8, 4) is 11.3 Å². The van der Waals surface area contributed by atoms with Gasteiger partial charge in [-0.2, -0.15) is 0 Å². The zero-order chi connectivity index (χ0) is 10.8. The molecule has 0 aliphatic heterocycles. The highest BCUT2D eigenvalue weighted by atomic mass is 15.0. The van der Waals surface area contributed by atoms with Crippen LogP contribution in [0.4, 0.5) is 0 Å². The van der Waals surface area contributed by atoms with E-state index in [1.807, 2.05) is 24.5 Å². The second kappa shape index (κ2) is 4.06. The van der Waals surface area contributed by atoms with Crippen LogP contribution in [0.3, 0.4) is 0 Å². The molecular weight excluding hydrogens is 200 g/mol. The highest BCUT2D eigenvalue weighted by Crippen LogP contribution is 2.19. The molecule has 2 N–H and O–H groups in total. The number of hydrogen-bond donors (Lipinski definition) is 2. The molecule has 2 aromatic heterocycles. The third kappa shape index (κ3) is 2.12. The van der Waals surface area contributed by atoms with Crippen LogP contribution in [0.15, 0.2) is 30.7 Å². The number of aromatic amines is 1. The Morgan fingerprint density at radius 2 is 2.31 bits per heavy atom. The summed E-state index contributed by atoms with van der Waals surface area (Å²) in [5.74, 6) is 0.991. The topological polar surface area (TPSA) is 53.6 Å². The summed E-state index contributed by atoms with van der Waals surface area (Å²) in [6.07, 6.45) is 8.08. The van der Waals surface area contributed by atoms with Gasteiger partial charge in [-0.3, -0.25) is 4.98 Å². The lowest BCUT2D eigenvalue weighted by molar-refractivity contribution is 0.664. The number of pyridine rings is 1. The Kier molecular flexibility index (Phi) is 2.42. The molecule has 82 valence electrons. The first kappa shape index (κ1) is 9.54. The molecular formula is C12H14N4. The van der Waals surface area contributed by atoms with Crippen molar-refractivity contribution in [2.75, 3.05) is 0 Å². The van der Waals surface area contributed by atoms with Gasteiger partial charge in [0.25, 0.3) is 0 Å². The largest absolute Gasteiger partial charge is 0.341 e. The molecule has 0 atom stereocenters. The Hall–Kier alpha value is -1.68. The molecule has 4 nitrogen and oxygen atoms in total. The van der Waals surface area contributed by atoms with E-state index in [0.717, 1.165) is 23.6 Å². The molecule has 0 saturated heterocycles. The first-order valence-corrected chi connectivity index (χ1v) is 5.59. The first-order valence-electron chi connectivity index (χ1n) is 5.59. The summed E-state index contributed by atoms with van der Waals surface area (Å²) < 4.78 is 0. The number of imidazole rings is 1. The molecule has 1 saturated carbocycles. The second-order valence-electron chi connectivity index (χ2n) is 4.14. The Labute approximate surface area is 94.1 Å². The van der Waals surface area contributed by atoms with Crippen LogP contribution in [0.25, 0.3) is 11.3 Å². The Bertz CT molecular complexity index is 459. The third-order valence-corrected chi connectivity index (χ3v) is 2.74. The molecule has 0 spiro atoms. The molecule has 1 aliphatic carbocycles. The number of nitrogens with one attached hydrogen (secondary N) is 2.